The van der Waals surface area contributed by atoms with Crippen molar-refractivity contribution in [2.75, 3.05) is 0 Å². The van der Waals surface area contributed by atoms with E-state index < -0.39 is 16.1 Å². The zero-order valence-corrected chi connectivity index (χ0v) is 16.6. The van der Waals surface area contributed by atoms with Gasteiger partial charge in [-0.3, -0.25) is 0 Å². The quantitative estimate of drug-likeness (QED) is 0.607. The van der Waals surface area contributed by atoms with Gasteiger partial charge in [-0.25, -0.2) is 0 Å². The summed E-state index contributed by atoms with van der Waals surface area (Å²) in [5.41, 5.74) is 3.39. The Balaban J connectivity index is 2.27. The fourth-order valence-corrected chi connectivity index (χ4v) is 6.47. The molecule has 0 spiro atoms. The van der Waals surface area contributed by atoms with Crippen molar-refractivity contribution in [3.8, 4) is 0 Å². The number of benzene rings is 1. The molecule has 3 rings (SSSR count). The average Bonchev–Trinajstić information content (AvgIpc) is 2.62. The van der Waals surface area contributed by atoms with Crippen molar-refractivity contribution in [3.63, 3.8) is 0 Å². The minimum atomic E-state index is -1.34. The van der Waals surface area contributed by atoms with Crippen molar-refractivity contribution in [1.82, 2.24) is 4.57 Å². The molecule has 1 aliphatic rings. The van der Waals surface area contributed by atoms with E-state index >= 15 is 0 Å². The Hall–Kier alpha value is -1.33. The van der Waals surface area contributed by atoms with Gasteiger partial charge in [0.25, 0.3) is 0 Å². The molecule has 0 amide bonds. The predicted molar refractivity (Wildman–Crippen MR) is 105 cm³/mol. The lowest BCUT2D eigenvalue weighted by molar-refractivity contribution is 1.00. The van der Waals surface area contributed by atoms with Crippen LogP contribution in [-0.4, -0.2) is 20.7 Å². The highest BCUT2D eigenvalue weighted by Crippen LogP contribution is 2.37. The summed E-state index contributed by atoms with van der Waals surface area (Å²) in [6, 6.07) is 11.2. The summed E-state index contributed by atoms with van der Waals surface area (Å²) in [6.07, 6.45) is 7.29. The van der Waals surface area contributed by atoms with Crippen LogP contribution in [0.4, 0.5) is 0 Å². The van der Waals surface area contributed by atoms with Gasteiger partial charge in [-0.15, -0.1) is 0 Å². The van der Waals surface area contributed by atoms with Crippen molar-refractivity contribution in [3.05, 3.63) is 53.4 Å². The Morgan fingerprint density at radius 2 is 1.64 bits per heavy atom. The number of hydrogen-bond donors (Lipinski definition) is 0. The normalized spacial score (nSPS) is 19.0. The lowest BCUT2D eigenvalue weighted by Gasteiger charge is -2.28. The number of hydrogen-bond acceptors (Lipinski definition) is 0. The van der Waals surface area contributed by atoms with E-state index in [9.17, 15) is 0 Å². The van der Waals surface area contributed by atoms with E-state index in [1.807, 2.05) is 0 Å². The summed E-state index contributed by atoms with van der Waals surface area (Å²) in [6.45, 7) is 14.8. The van der Waals surface area contributed by atoms with Gasteiger partial charge < -0.3 is 4.57 Å². The van der Waals surface area contributed by atoms with E-state index in [0.29, 0.717) is 5.54 Å². The molecule has 1 aromatic heterocycles. The Labute approximate surface area is 136 Å². The first-order chi connectivity index (χ1) is 10.2. The zero-order valence-electron chi connectivity index (χ0n) is 14.6. The zero-order chi connectivity index (χ0) is 16.1. The van der Waals surface area contributed by atoms with Crippen LogP contribution in [0.25, 0.3) is 17.1 Å². The van der Waals surface area contributed by atoms with Crippen molar-refractivity contribution in [2.45, 2.75) is 44.8 Å². The molecule has 2 heterocycles. The maximum atomic E-state index is 2.60. The summed E-state index contributed by atoms with van der Waals surface area (Å²) >= 11 is 0. The largest absolute Gasteiger partial charge is 0.320 e. The van der Waals surface area contributed by atoms with Gasteiger partial charge in [0.1, 0.15) is 0 Å². The molecule has 116 valence electrons. The third-order valence-electron chi connectivity index (χ3n) is 4.64. The van der Waals surface area contributed by atoms with E-state index in [0.717, 1.165) is 0 Å². The molecular weight excluding hydrogens is 298 g/mol. The van der Waals surface area contributed by atoms with Crippen LogP contribution in [0.1, 0.15) is 11.2 Å². The first-order valence-electron chi connectivity index (χ1n) is 8.18. The molecule has 0 saturated heterocycles. The number of rotatable bonds is 2. The Morgan fingerprint density at radius 3 is 2.27 bits per heavy atom. The van der Waals surface area contributed by atoms with Crippen LogP contribution < -0.4 is 0 Å². The summed E-state index contributed by atoms with van der Waals surface area (Å²) in [7, 11) is -2.64. The van der Waals surface area contributed by atoms with Crippen LogP contribution in [0.3, 0.4) is 0 Å². The van der Waals surface area contributed by atoms with E-state index in [-0.39, 0.29) is 0 Å². The second-order valence-electron chi connectivity index (χ2n) is 8.53. The van der Waals surface area contributed by atoms with Gasteiger partial charge >= 0.3 is 0 Å². The maximum Gasteiger partial charge on any atom is 0.0772 e. The molecule has 1 aliphatic heterocycles. The SMILES string of the molecule is C[Si](C)(C)C1=CC([Si](C)(C)C)c2cc3ccccc3n2C=C1. The minimum absolute atomic E-state index is 0.580. The smallest absolute Gasteiger partial charge is 0.0772 e. The maximum absolute atomic E-state index is 2.60. The lowest BCUT2D eigenvalue weighted by atomic mass is 10.2. The molecule has 1 aromatic carbocycles. The second kappa shape index (κ2) is 5.10. The van der Waals surface area contributed by atoms with Gasteiger partial charge in [-0.05, 0) is 18.2 Å². The molecule has 1 nitrogen and oxygen atoms in total. The van der Waals surface area contributed by atoms with Crippen molar-refractivity contribution >= 4 is 33.3 Å². The number of para-hydroxylation sites is 1. The van der Waals surface area contributed by atoms with Crippen molar-refractivity contribution in [2.24, 2.45) is 0 Å². The highest BCUT2D eigenvalue weighted by atomic mass is 28.3. The highest BCUT2D eigenvalue weighted by Gasteiger charge is 2.32. The van der Waals surface area contributed by atoms with E-state index in [1.165, 1.54) is 16.6 Å². The molecular formula is C19H27NSi2. The Morgan fingerprint density at radius 1 is 0.955 bits per heavy atom. The average molecular weight is 326 g/mol. The predicted octanol–water partition coefficient (Wildman–Crippen LogP) is 5.89. The van der Waals surface area contributed by atoms with E-state index in [2.05, 4.69) is 92.5 Å². The molecule has 0 radical (unpaired) electrons. The molecule has 1 unspecified atom stereocenters. The topological polar surface area (TPSA) is 4.93 Å². The molecule has 22 heavy (non-hydrogen) atoms. The first-order valence-corrected chi connectivity index (χ1v) is 15.3. The Kier molecular flexibility index (Phi) is 3.61. The Bertz CT molecular complexity index is 767. The first kappa shape index (κ1) is 15.6. The van der Waals surface area contributed by atoms with Gasteiger partial charge in [0.05, 0.1) is 21.7 Å². The van der Waals surface area contributed by atoms with Gasteiger partial charge in [-0.1, -0.05) is 68.8 Å². The fourth-order valence-electron chi connectivity index (χ4n) is 3.27. The van der Waals surface area contributed by atoms with E-state index in [1.54, 1.807) is 5.20 Å². The van der Waals surface area contributed by atoms with Crippen LogP contribution in [0.5, 0.6) is 0 Å². The second-order valence-corrected chi connectivity index (χ2v) is 19.0. The van der Waals surface area contributed by atoms with Gasteiger partial charge in [0.15, 0.2) is 0 Å². The summed E-state index contributed by atoms with van der Waals surface area (Å²) < 4.78 is 2.43. The monoisotopic (exact) mass is 325 g/mol. The third kappa shape index (κ3) is 2.68. The van der Waals surface area contributed by atoms with Gasteiger partial charge in [0.2, 0.25) is 0 Å². The van der Waals surface area contributed by atoms with Crippen LogP contribution in [0.2, 0.25) is 39.3 Å². The van der Waals surface area contributed by atoms with Crippen LogP contribution in [0, 0.1) is 0 Å². The molecule has 0 aliphatic carbocycles. The van der Waals surface area contributed by atoms with Crippen LogP contribution in [0.15, 0.2) is 47.7 Å². The van der Waals surface area contributed by atoms with Crippen molar-refractivity contribution in [1.29, 1.82) is 0 Å². The third-order valence-corrected chi connectivity index (χ3v) is 9.04. The minimum Gasteiger partial charge on any atom is -0.320 e. The summed E-state index contributed by atoms with van der Waals surface area (Å²) in [4.78, 5) is 0. The summed E-state index contributed by atoms with van der Waals surface area (Å²) in [5, 5.41) is 2.95. The van der Waals surface area contributed by atoms with E-state index in [4.69, 9.17) is 0 Å². The number of fused-ring (bicyclic) bond motifs is 3. The molecule has 2 aromatic rings. The molecule has 0 N–H and O–H groups in total. The molecule has 0 fully saturated rings. The number of aromatic nitrogens is 1. The van der Waals surface area contributed by atoms with Gasteiger partial charge in [-0.2, -0.15) is 0 Å². The standard InChI is InChI=1S/C19H27NSi2/c1-21(2,3)16-11-12-20-17-10-8-7-9-15(17)13-18(20)19(14-16)22(4,5)6/h7-14,19H,1-6H3. The van der Waals surface area contributed by atoms with Crippen LogP contribution >= 0.6 is 0 Å². The number of allylic oxidation sites excluding steroid dienone is 3. The van der Waals surface area contributed by atoms with Crippen molar-refractivity contribution < 1.29 is 0 Å². The fraction of sp³-hybridized carbons (Fsp3) is 0.368. The molecule has 1 atom stereocenters. The molecule has 0 bridgehead atoms. The molecule has 3 heteroatoms. The van der Waals surface area contributed by atoms with Crippen LogP contribution in [-0.2, 0) is 0 Å². The number of nitrogens with zero attached hydrogens (tertiary/aromatic N) is 1. The summed E-state index contributed by atoms with van der Waals surface area (Å²) in [5.74, 6) is 0. The van der Waals surface area contributed by atoms with Gasteiger partial charge in [0, 0.05) is 22.8 Å². The lowest BCUT2D eigenvalue weighted by Crippen LogP contribution is -2.32. The molecule has 0 saturated carbocycles. The highest BCUT2D eigenvalue weighted by molar-refractivity contribution is 6.84.